The molecule has 8 nitrogen and oxygen atoms in total. The Morgan fingerprint density at radius 3 is 2.82 bits per heavy atom. The van der Waals surface area contributed by atoms with Crippen LogP contribution in [0.15, 0.2) is 47.6 Å². The number of sulfonamides is 1. The standard InChI is InChI=1S/C23H26FN5O3S/c1-16-5-10-29(11-6-16)23(30)20(7-12-28-9-2-3-18(28)15-25)27-33(31,32)22-14-21-17(4-8-26-21)13-19(22)24/h2-4,8-9,13-14,16,20,26-27H,5-7,10-12H2,1H3. The first-order chi connectivity index (χ1) is 15.8. The van der Waals surface area contributed by atoms with E-state index in [1.54, 1.807) is 40.1 Å². The molecule has 3 heterocycles. The number of rotatable bonds is 7. The Morgan fingerprint density at radius 2 is 2.09 bits per heavy atom. The van der Waals surface area contributed by atoms with Crippen molar-refractivity contribution < 1.29 is 17.6 Å². The average Bonchev–Trinajstić information content (AvgIpc) is 3.44. The summed E-state index contributed by atoms with van der Waals surface area (Å²) in [4.78, 5) is 17.3. The quantitative estimate of drug-likeness (QED) is 0.552. The predicted octanol–water partition coefficient (Wildman–Crippen LogP) is 2.98. The average molecular weight is 472 g/mol. The van der Waals surface area contributed by atoms with Crippen molar-refractivity contribution in [2.45, 2.75) is 43.7 Å². The summed E-state index contributed by atoms with van der Waals surface area (Å²) in [6.07, 6.45) is 5.12. The van der Waals surface area contributed by atoms with Crippen LogP contribution < -0.4 is 4.72 Å². The van der Waals surface area contributed by atoms with Gasteiger partial charge in [0.05, 0.1) is 0 Å². The molecule has 1 unspecified atom stereocenters. The highest BCUT2D eigenvalue weighted by Crippen LogP contribution is 2.23. The number of carbonyl (C=O) groups excluding carboxylic acids is 1. The first-order valence-electron chi connectivity index (χ1n) is 10.9. The van der Waals surface area contributed by atoms with Gasteiger partial charge < -0.3 is 14.5 Å². The Hall–Kier alpha value is -3.16. The van der Waals surface area contributed by atoms with Gasteiger partial charge in [-0.1, -0.05) is 6.92 Å². The van der Waals surface area contributed by atoms with Crippen LogP contribution in [0.4, 0.5) is 4.39 Å². The molecule has 1 fully saturated rings. The van der Waals surface area contributed by atoms with E-state index in [2.05, 4.69) is 22.7 Å². The maximum atomic E-state index is 14.7. The predicted molar refractivity (Wildman–Crippen MR) is 121 cm³/mol. The molecule has 0 aliphatic carbocycles. The van der Waals surface area contributed by atoms with Gasteiger partial charge in [-0.25, -0.2) is 12.8 Å². The topological polar surface area (TPSA) is 111 Å². The molecule has 0 bridgehead atoms. The van der Waals surface area contributed by atoms with Crippen LogP contribution >= 0.6 is 0 Å². The Kier molecular flexibility index (Phi) is 6.54. The summed E-state index contributed by atoms with van der Waals surface area (Å²) in [5.41, 5.74) is 0.898. The zero-order valence-corrected chi connectivity index (χ0v) is 19.1. The largest absolute Gasteiger partial charge is 0.361 e. The summed E-state index contributed by atoms with van der Waals surface area (Å²) in [6.45, 7) is 3.48. The molecule has 1 aliphatic rings. The number of H-pyrrole nitrogens is 1. The number of carbonyl (C=O) groups is 1. The van der Waals surface area contributed by atoms with Gasteiger partial charge in [-0.3, -0.25) is 4.79 Å². The summed E-state index contributed by atoms with van der Waals surface area (Å²) in [5.74, 6) is -0.717. The summed E-state index contributed by atoms with van der Waals surface area (Å²) >= 11 is 0. The molecule has 1 saturated heterocycles. The van der Waals surface area contributed by atoms with E-state index in [1.165, 1.54) is 6.07 Å². The molecule has 33 heavy (non-hydrogen) atoms. The summed E-state index contributed by atoms with van der Waals surface area (Å²) in [5, 5.41) is 9.80. The molecule has 2 N–H and O–H groups in total. The first kappa shape index (κ1) is 23.0. The number of nitrogens with one attached hydrogen (secondary N) is 2. The fraction of sp³-hybridized carbons (Fsp3) is 0.391. The molecular weight excluding hydrogens is 445 g/mol. The number of nitrogens with zero attached hydrogens (tertiary/aromatic N) is 3. The number of hydrogen-bond donors (Lipinski definition) is 2. The lowest BCUT2D eigenvalue weighted by molar-refractivity contribution is -0.134. The number of aromatic nitrogens is 2. The van der Waals surface area contributed by atoms with Crippen LogP contribution in [0, 0.1) is 23.1 Å². The lowest BCUT2D eigenvalue weighted by Crippen LogP contribution is -2.51. The maximum Gasteiger partial charge on any atom is 0.244 e. The Morgan fingerprint density at radius 1 is 1.33 bits per heavy atom. The van der Waals surface area contributed by atoms with E-state index in [9.17, 15) is 22.9 Å². The van der Waals surface area contributed by atoms with Crippen LogP contribution in [0.3, 0.4) is 0 Å². The van der Waals surface area contributed by atoms with Gasteiger partial charge in [-0.15, -0.1) is 0 Å². The van der Waals surface area contributed by atoms with Crippen molar-refractivity contribution in [2.75, 3.05) is 13.1 Å². The number of aromatic amines is 1. The summed E-state index contributed by atoms with van der Waals surface area (Å²) < 4.78 is 45.1. The normalized spacial score (nSPS) is 16.1. The molecule has 1 aromatic carbocycles. The van der Waals surface area contributed by atoms with Crippen molar-refractivity contribution in [1.29, 1.82) is 5.26 Å². The number of fused-ring (bicyclic) bond motifs is 1. The molecule has 10 heteroatoms. The molecule has 1 atom stereocenters. The summed E-state index contributed by atoms with van der Waals surface area (Å²) in [7, 11) is -4.33. The molecule has 174 valence electrons. The number of aryl methyl sites for hydroxylation is 1. The number of amides is 1. The van der Waals surface area contributed by atoms with Crippen molar-refractivity contribution in [3.63, 3.8) is 0 Å². The molecule has 0 spiro atoms. The summed E-state index contributed by atoms with van der Waals surface area (Å²) in [6, 6.07) is 8.38. The fourth-order valence-corrected chi connectivity index (χ4v) is 5.48. The minimum absolute atomic E-state index is 0.125. The SMILES string of the molecule is CC1CCN(C(=O)C(CCn2cccc2C#N)NS(=O)(=O)c2cc3[nH]ccc3cc2F)CC1. The number of likely N-dealkylation sites (tertiary alicyclic amines) is 1. The van der Waals surface area contributed by atoms with Crippen molar-refractivity contribution >= 4 is 26.8 Å². The van der Waals surface area contributed by atoms with Gasteiger partial charge >= 0.3 is 0 Å². The van der Waals surface area contributed by atoms with Gasteiger partial charge in [-0.05, 0) is 55.5 Å². The zero-order valence-electron chi connectivity index (χ0n) is 18.3. The third-order valence-electron chi connectivity index (χ3n) is 6.19. The second-order valence-electron chi connectivity index (χ2n) is 8.52. The third kappa shape index (κ3) is 4.94. The van der Waals surface area contributed by atoms with E-state index >= 15 is 0 Å². The van der Waals surface area contributed by atoms with E-state index < -0.39 is 26.8 Å². The number of piperidine rings is 1. The molecule has 2 aromatic heterocycles. The van der Waals surface area contributed by atoms with Gasteiger partial charge in [0.15, 0.2) is 0 Å². The molecule has 0 saturated carbocycles. The van der Waals surface area contributed by atoms with Crippen LogP contribution in [0.1, 0.15) is 31.9 Å². The van der Waals surface area contributed by atoms with Gasteiger partial charge in [0, 0.05) is 42.9 Å². The molecule has 4 rings (SSSR count). The number of nitriles is 1. The van der Waals surface area contributed by atoms with Crippen LogP contribution in [0.25, 0.3) is 10.9 Å². The Balaban J connectivity index is 1.60. The van der Waals surface area contributed by atoms with Gasteiger partial charge in [0.25, 0.3) is 0 Å². The second-order valence-corrected chi connectivity index (χ2v) is 10.2. The number of benzene rings is 1. The number of halogens is 1. The fourth-order valence-electron chi connectivity index (χ4n) is 4.17. The van der Waals surface area contributed by atoms with Crippen molar-refractivity contribution in [3.05, 3.63) is 54.2 Å². The van der Waals surface area contributed by atoms with Gasteiger partial charge in [0.2, 0.25) is 15.9 Å². The second kappa shape index (κ2) is 9.37. The van der Waals surface area contributed by atoms with Gasteiger partial charge in [0.1, 0.15) is 28.5 Å². The van der Waals surface area contributed by atoms with Gasteiger partial charge in [-0.2, -0.15) is 9.98 Å². The molecular formula is C23H26FN5O3S. The minimum atomic E-state index is -4.33. The van der Waals surface area contributed by atoms with Crippen molar-refractivity contribution in [1.82, 2.24) is 19.2 Å². The van der Waals surface area contributed by atoms with E-state index in [4.69, 9.17) is 0 Å². The lowest BCUT2D eigenvalue weighted by atomic mass is 9.98. The highest BCUT2D eigenvalue weighted by atomic mass is 32.2. The lowest BCUT2D eigenvalue weighted by Gasteiger charge is -2.33. The van der Waals surface area contributed by atoms with E-state index in [0.717, 1.165) is 18.9 Å². The van der Waals surface area contributed by atoms with E-state index in [1.807, 2.05) is 0 Å². The van der Waals surface area contributed by atoms with Crippen molar-refractivity contribution in [2.24, 2.45) is 5.92 Å². The first-order valence-corrected chi connectivity index (χ1v) is 12.4. The van der Waals surface area contributed by atoms with Crippen LogP contribution in [0.2, 0.25) is 0 Å². The maximum absolute atomic E-state index is 14.7. The Bertz CT molecular complexity index is 1300. The zero-order chi connectivity index (χ0) is 23.6. The highest BCUT2D eigenvalue weighted by molar-refractivity contribution is 7.89. The van der Waals surface area contributed by atoms with Crippen LogP contribution in [-0.2, 0) is 21.4 Å². The third-order valence-corrected chi connectivity index (χ3v) is 7.68. The molecule has 1 amide bonds. The van der Waals surface area contributed by atoms with E-state index in [-0.39, 0.29) is 18.9 Å². The number of hydrogen-bond acceptors (Lipinski definition) is 4. The molecule has 3 aromatic rings. The molecule has 1 aliphatic heterocycles. The minimum Gasteiger partial charge on any atom is -0.361 e. The van der Waals surface area contributed by atoms with Crippen LogP contribution in [-0.4, -0.2) is 47.9 Å². The van der Waals surface area contributed by atoms with Crippen molar-refractivity contribution in [3.8, 4) is 6.07 Å². The van der Waals surface area contributed by atoms with E-state index in [0.29, 0.717) is 35.6 Å². The highest BCUT2D eigenvalue weighted by Gasteiger charge is 2.32. The van der Waals surface area contributed by atoms with Crippen LogP contribution in [0.5, 0.6) is 0 Å². The monoisotopic (exact) mass is 471 g/mol. The smallest absolute Gasteiger partial charge is 0.244 e. The molecule has 0 radical (unpaired) electrons. The Labute approximate surface area is 192 Å².